The molecule has 2 heterocycles. The summed E-state index contributed by atoms with van der Waals surface area (Å²) in [6.07, 6.45) is 0. The lowest BCUT2D eigenvalue weighted by atomic mass is 10.4. The van der Waals surface area contributed by atoms with Crippen molar-refractivity contribution in [2.24, 2.45) is 0 Å². The molecule has 0 fully saturated rings. The summed E-state index contributed by atoms with van der Waals surface area (Å²) in [5.74, 6) is 0. The third-order valence-electron chi connectivity index (χ3n) is 3.13. The van der Waals surface area contributed by atoms with Crippen molar-refractivity contribution in [3.63, 3.8) is 0 Å². The molecular formula is C15H14N2O2S3. The van der Waals surface area contributed by atoms with Crippen molar-refractivity contribution in [3.8, 4) is 0 Å². The van der Waals surface area contributed by atoms with E-state index in [9.17, 15) is 8.42 Å². The van der Waals surface area contributed by atoms with Gasteiger partial charge in [0.05, 0.1) is 16.3 Å². The molecule has 4 nitrogen and oxygen atoms in total. The average Bonchev–Trinajstić information content (AvgIpc) is 3.13. The number of hydrogen-bond acceptors (Lipinski definition) is 5. The quantitative estimate of drug-likeness (QED) is 0.715. The van der Waals surface area contributed by atoms with Crippen LogP contribution in [0.3, 0.4) is 0 Å². The normalized spacial score (nSPS) is 11.7. The minimum Gasteiger partial charge on any atom is -0.198 e. The molecule has 2 aromatic heterocycles. The molecule has 0 saturated carbocycles. The number of thiophene rings is 1. The maximum absolute atomic E-state index is 12.6. The van der Waals surface area contributed by atoms with Gasteiger partial charge in [0.25, 0.3) is 10.0 Å². The molecule has 0 N–H and O–H groups in total. The first-order chi connectivity index (χ1) is 10.5. The van der Waals surface area contributed by atoms with Crippen molar-refractivity contribution in [2.75, 3.05) is 0 Å². The number of aryl methyl sites for hydroxylation is 1. The molecule has 1 aromatic carbocycles. The van der Waals surface area contributed by atoms with Gasteiger partial charge in [-0.1, -0.05) is 36.0 Å². The molecule has 0 unspecified atom stereocenters. The van der Waals surface area contributed by atoms with E-state index in [1.165, 1.54) is 23.1 Å². The monoisotopic (exact) mass is 350 g/mol. The van der Waals surface area contributed by atoms with Gasteiger partial charge in [-0.05, 0) is 37.4 Å². The standard InChI is InChI=1S/C15H14N2O2S3/c1-11-15(21-13-7-4-3-5-8-13)12(2)17(16-11)22(18,19)14-9-6-10-20-14/h3-10H,1-2H3. The zero-order valence-corrected chi connectivity index (χ0v) is 14.5. The second kappa shape index (κ2) is 5.91. The van der Waals surface area contributed by atoms with Gasteiger partial charge < -0.3 is 0 Å². The van der Waals surface area contributed by atoms with Gasteiger partial charge in [-0.25, -0.2) is 0 Å². The van der Waals surface area contributed by atoms with Crippen LogP contribution in [0.2, 0.25) is 0 Å². The van der Waals surface area contributed by atoms with Crippen LogP contribution in [0.15, 0.2) is 61.8 Å². The summed E-state index contributed by atoms with van der Waals surface area (Å²) in [7, 11) is -3.61. The van der Waals surface area contributed by atoms with Crippen LogP contribution in [0.1, 0.15) is 11.4 Å². The predicted molar refractivity (Wildman–Crippen MR) is 89.2 cm³/mol. The van der Waals surface area contributed by atoms with Crippen LogP contribution < -0.4 is 0 Å². The zero-order chi connectivity index (χ0) is 15.7. The smallest absolute Gasteiger partial charge is 0.198 e. The molecule has 0 saturated heterocycles. The number of nitrogens with zero attached hydrogens (tertiary/aromatic N) is 2. The fourth-order valence-corrected chi connectivity index (χ4v) is 5.51. The summed E-state index contributed by atoms with van der Waals surface area (Å²) < 4.78 is 26.7. The Morgan fingerprint density at radius 2 is 1.82 bits per heavy atom. The Labute approximate surface area is 137 Å². The third kappa shape index (κ3) is 2.71. The molecule has 3 rings (SSSR count). The number of benzene rings is 1. The van der Waals surface area contributed by atoms with Gasteiger partial charge in [-0.15, -0.1) is 11.3 Å². The maximum Gasteiger partial charge on any atom is 0.292 e. The van der Waals surface area contributed by atoms with E-state index in [1.807, 2.05) is 37.3 Å². The first kappa shape index (κ1) is 15.3. The van der Waals surface area contributed by atoms with Gasteiger partial charge in [-0.2, -0.15) is 17.6 Å². The highest BCUT2D eigenvalue weighted by atomic mass is 32.2. The molecule has 0 atom stereocenters. The highest BCUT2D eigenvalue weighted by Gasteiger charge is 2.24. The van der Waals surface area contributed by atoms with Crippen LogP contribution in [0.25, 0.3) is 0 Å². The van der Waals surface area contributed by atoms with Crippen LogP contribution in [0, 0.1) is 13.8 Å². The SMILES string of the molecule is Cc1nn(S(=O)(=O)c2cccs2)c(C)c1Sc1ccccc1. The summed E-state index contributed by atoms with van der Waals surface area (Å²) in [4.78, 5) is 1.94. The molecule has 0 amide bonds. The maximum atomic E-state index is 12.6. The molecule has 0 bridgehead atoms. The van der Waals surface area contributed by atoms with E-state index >= 15 is 0 Å². The van der Waals surface area contributed by atoms with Gasteiger partial charge >= 0.3 is 0 Å². The Kier molecular flexibility index (Phi) is 4.12. The number of aromatic nitrogens is 2. The number of hydrogen-bond donors (Lipinski definition) is 0. The van der Waals surface area contributed by atoms with Gasteiger partial charge in [0.1, 0.15) is 4.21 Å². The first-order valence-electron chi connectivity index (χ1n) is 6.58. The average molecular weight is 350 g/mol. The van der Waals surface area contributed by atoms with Crippen molar-refractivity contribution < 1.29 is 8.42 Å². The highest BCUT2D eigenvalue weighted by Crippen LogP contribution is 2.34. The van der Waals surface area contributed by atoms with Crippen LogP contribution in [-0.2, 0) is 10.0 Å². The van der Waals surface area contributed by atoms with E-state index in [2.05, 4.69) is 5.10 Å². The molecule has 0 aliphatic rings. The van der Waals surface area contributed by atoms with Crippen LogP contribution >= 0.6 is 23.1 Å². The van der Waals surface area contributed by atoms with E-state index in [-0.39, 0.29) is 0 Å². The molecule has 0 aliphatic carbocycles. The van der Waals surface area contributed by atoms with Crippen molar-refractivity contribution in [2.45, 2.75) is 27.8 Å². The lowest BCUT2D eigenvalue weighted by molar-refractivity contribution is 0.580. The first-order valence-corrected chi connectivity index (χ1v) is 9.72. The summed E-state index contributed by atoms with van der Waals surface area (Å²) in [5, 5.41) is 6.00. The lowest BCUT2D eigenvalue weighted by Crippen LogP contribution is -2.15. The Morgan fingerprint density at radius 1 is 1.09 bits per heavy atom. The van der Waals surface area contributed by atoms with Crippen molar-refractivity contribution in [1.82, 2.24) is 9.19 Å². The Morgan fingerprint density at radius 3 is 2.45 bits per heavy atom. The van der Waals surface area contributed by atoms with Crippen molar-refractivity contribution in [1.29, 1.82) is 0 Å². The number of rotatable bonds is 4. The molecule has 22 heavy (non-hydrogen) atoms. The minimum atomic E-state index is -3.61. The van der Waals surface area contributed by atoms with Crippen LogP contribution in [0.5, 0.6) is 0 Å². The van der Waals surface area contributed by atoms with E-state index in [0.717, 1.165) is 13.9 Å². The fraction of sp³-hybridized carbons (Fsp3) is 0.133. The summed E-state index contributed by atoms with van der Waals surface area (Å²) in [5.41, 5.74) is 1.35. The van der Waals surface area contributed by atoms with Crippen molar-refractivity contribution in [3.05, 3.63) is 59.2 Å². The van der Waals surface area contributed by atoms with Crippen LogP contribution in [0.4, 0.5) is 0 Å². The third-order valence-corrected chi connectivity index (χ3v) is 7.47. The second-order valence-corrected chi connectivity index (χ2v) is 8.72. The van der Waals surface area contributed by atoms with Gasteiger partial charge in [-0.3, -0.25) is 0 Å². The van der Waals surface area contributed by atoms with E-state index in [0.29, 0.717) is 15.6 Å². The van der Waals surface area contributed by atoms with Gasteiger partial charge in [0.2, 0.25) is 0 Å². The second-order valence-electron chi connectivity index (χ2n) is 4.70. The fourth-order valence-electron chi connectivity index (χ4n) is 2.09. The largest absolute Gasteiger partial charge is 0.292 e. The Balaban J connectivity index is 2.04. The molecular weight excluding hydrogens is 336 g/mol. The lowest BCUT2D eigenvalue weighted by Gasteiger charge is -2.05. The van der Waals surface area contributed by atoms with E-state index in [4.69, 9.17) is 0 Å². The summed E-state index contributed by atoms with van der Waals surface area (Å²) >= 11 is 2.73. The molecule has 114 valence electrons. The molecule has 0 spiro atoms. The highest BCUT2D eigenvalue weighted by molar-refractivity contribution is 7.99. The minimum absolute atomic E-state index is 0.300. The molecule has 3 aromatic rings. The molecule has 0 radical (unpaired) electrons. The Hall–Kier alpha value is -1.57. The topological polar surface area (TPSA) is 52.0 Å². The van der Waals surface area contributed by atoms with Gasteiger partial charge in [0.15, 0.2) is 0 Å². The van der Waals surface area contributed by atoms with Crippen LogP contribution in [-0.4, -0.2) is 17.6 Å². The summed E-state index contributed by atoms with van der Waals surface area (Å²) in [6, 6.07) is 13.2. The van der Waals surface area contributed by atoms with E-state index in [1.54, 1.807) is 24.4 Å². The van der Waals surface area contributed by atoms with E-state index < -0.39 is 10.0 Å². The van der Waals surface area contributed by atoms with Gasteiger partial charge in [0, 0.05) is 4.90 Å². The molecule has 7 heteroatoms. The molecule has 0 aliphatic heterocycles. The van der Waals surface area contributed by atoms with Crippen molar-refractivity contribution >= 4 is 33.1 Å². The zero-order valence-electron chi connectivity index (χ0n) is 12.1. The predicted octanol–water partition coefficient (Wildman–Crippen LogP) is 3.95. The summed E-state index contributed by atoms with van der Waals surface area (Å²) in [6.45, 7) is 3.62. The Bertz CT molecular complexity index is 883.